The van der Waals surface area contributed by atoms with Crippen LogP contribution < -0.4 is 0 Å². The fourth-order valence-electron chi connectivity index (χ4n) is 7.20. The molecule has 4 aromatic carbocycles. The summed E-state index contributed by atoms with van der Waals surface area (Å²) in [5, 5.41) is 10.1. The standard InChI is InChI=1S/C44H45N5/c1-42(2,3)28-22-23-45-41(24-28)48-36-17-13-11-15-32(36)34-20-18-29(25-38(34)48)47-35-16-12-10-14-31(35)33-21-19-30(26-37(33)47)49-40(44(7,8)9)27-39(46-49)43(4,5)6/h10-27H,1-9H3. The minimum absolute atomic E-state index is 0.0113. The summed E-state index contributed by atoms with van der Waals surface area (Å²) in [7, 11) is 0. The summed E-state index contributed by atoms with van der Waals surface area (Å²) in [6, 6.07) is 37.8. The fraction of sp³-hybridized carbons (Fsp3) is 0.273. The molecule has 0 radical (unpaired) electrons. The van der Waals surface area contributed by atoms with Crippen LogP contribution in [-0.4, -0.2) is 23.9 Å². The van der Waals surface area contributed by atoms with Crippen molar-refractivity contribution in [2.24, 2.45) is 0 Å². The van der Waals surface area contributed by atoms with Crippen LogP contribution in [0.2, 0.25) is 0 Å². The van der Waals surface area contributed by atoms with E-state index in [4.69, 9.17) is 10.1 Å². The van der Waals surface area contributed by atoms with Gasteiger partial charge in [0.25, 0.3) is 0 Å². The molecule has 0 unspecified atom stereocenters. The van der Waals surface area contributed by atoms with Crippen molar-refractivity contribution >= 4 is 43.6 Å². The maximum Gasteiger partial charge on any atom is 0.137 e. The third-order valence-corrected chi connectivity index (χ3v) is 9.90. The second-order valence-corrected chi connectivity index (χ2v) is 16.6. The van der Waals surface area contributed by atoms with Gasteiger partial charge in [-0.05, 0) is 65.6 Å². The van der Waals surface area contributed by atoms with E-state index in [2.05, 4.69) is 179 Å². The first-order valence-corrected chi connectivity index (χ1v) is 17.4. The highest BCUT2D eigenvalue weighted by molar-refractivity contribution is 6.12. The Kier molecular flexibility index (Phi) is 6.78. The lowest BCUT2D eigenvalue weighted by molar-refractivity contribution is 0.537. The lowest BCUT2D eigenvalue weighted by Crippen LogP contribution is -2.17. The zero-order valence-corrected chi connectivity index (χ0v) is 30.1. The van der Waals surface area contributed by atoms with E-state index in [-0.39, 0.29) is 16.2 Å². The van der Waals surface area contributed by atoms with Gasteiger partial charge in [0.1, 0.15) is 5.82 Å². The predicted molar refractivity (Wildman–Crippen MR) is 206 cm³/mol. The Morgan fingerprint density at radius 3 is 1.63 bits per heavy atom. The van der Waals surface area contributed by atoms with Crippen molar-refractivity contribution in [3.63, 3.8) is 0 Å². The van der Waals surface area contributed by atoms with Crippen molar-refractivity contribution in [1.29, 1.82) is 0 Å². The van der Waals surface area contributed by atoms with Crippen molar-refractivity contribution in [2.75, 3.05) is 0 Å². The third-order valence-electron chi connectivity index (χ3n) is 9.90. The van der Waals surface area contributed by atoms with Gasteiger partial charge >= 0.3 is 0 Å². The summed E-state index contributed by atoms with van der Waals surface area (Å²) in [5.74, 6) is 0.934. The Morgan fingerprint density at radius 1 is 0.469 bits per heavy atom. The molecule has 246 valence electrons. The number of benzene rings is 4. The van der Waals surface area contributed by atoms with E-state index in [0.717, 1.165) is 39.4 Å². The number of hydrogen-bond donors (Lipinski definition) is 0. The molecular formula is C44H45N5. The molecule has 4 aromatic heterocycles. The van der Waals surface area contributed by atoms with Crippen LogP contribution in [0.15, 0.2) is 109 Å². The number of rotatable bonds is 3. The van der Waals surface area contributed by atoms with Crippen LogP contribution in [0.1, 0.15) is 79.3 Å². The molecule has 0 saturated heterocycles. The monoisotopic (exact) mass is 643 g/mol. The molecule has 0 N–H and O–H groups in total. The number of para-hydroxylation sites is 2. The maximum atomic E-state index is 5.21. The quantitative estimate of drug-likeness (QED) is 0.192. The molecule has 0 spiro atoms. The van der Waals surface area contributed by atoms with Gasteiger partial charge in [0, 0.05) is 50.0 Å². The average Bonchev–Trinajstić information content (AvgIpc) is 3.75. The molecule has 0 aliphatic carbocycles. The zero-order valence-electron chi connectivity index (χ0n) is 30.1. The van der Waals surface area contributed by atoms with Gasteiger partial charge in [0.15, 0.2) is 0 Å². The maximum absolute atomic E-state index is 5.21. The molecule has 0 atom stereocenters. The molecule has 0 aliphatic rings. The van der Waals surface area contributed by atoms with Crippen LogP contribution in [0.4, 0.5) is 0 Å². The van der Waals surface area contributed by atoms with Gasteiger partial charge in [0.05, 0.1) is 33.4 Å². The first kappa shape index (κ1) is 31.1. The predicted octanol–water partition coefficient (Wildman–Crippen LogP) is 11.4. The highest BCUT2D eigenvalue weighted by atomic mass is 15.3. The van der Waals surface area contributed by atoms with Crippen LogP contribution in [0.3, 0.4) is 0 Å². The largest absolute Gasteiger partial charge is 0.309 e. The van der Waals surface area contributed by atoms with Crippen LogP contribution in [0.25, 0.3) is 60.8 Å². The minimum atomic E-state index is -0.0745. The Labute approximate surface area is 288 Å². The van der Waals surface area contributed by atoms with Crippen LogP contribution in [-0.2, 0) is 16.2 Å². The van der Waals surface area contributed by atoms with Crippen molar-refractivity contribution < 1.29 is 0 Å². The van der Waals surface area contributed by atoms with E-state index in [1.807, 2.05) is 6.20 Å². The normalized spacial score (nSPS) is 13.0. The van der Waals surface area contributed by atoms with E-state index in [0.29, 0.717) is 0 Å². The second kappa shape index (κ2) is 10.7. The van der Waals surface area contributed by atoms with Crippen molar-refractivity contribution in [1.82, 2.24) is 23.9 Å². The smallest absolute Gasteiger partial charge is 0.137 e. The number of pyridine rings is 1. The van der Waals surface area contributed by atoms with Crippen LogP contribution in [0.5, 0.6) is 0 Å². The highest BCUT2D eigenvalue weighted by Gasteiger charge is 2.27. The van der Waals surface area contributed by atoms with E-state index in [1.165, 1.54) is 38.3 Å². The average molecular weight is 644 g/mol. The molecule has 8 aromatic rings. The van der Waals surface area contributed by atoms with Gasteiger partial charge in [-0.15, -0.1) is 0 Å². The minimum Gasteiger partial charge on any atom is -0.309 e. The molecule has 0 fully saturated rings. The van der Waals surface area contributed by atoms with Crippen molar-refractivity contribution in [2.45, 2.75) is 78.6 Å². The molecule has 4 heterocycles. The summed E-state index contributed by atoms with van der Waals surface area (Å²) < 4.78 is 6.91. The highest BCUT2D eigenvalue weighted by Crippen LogP contribution is 2.38. The summed E-state index contributed by atoms with van der Waals surface area (Å²) >= 11 is 0. The number of nitrogens with zero attached hydrogens (tertiary/aromatic N) is 5. The lowest BCUT2D eigenvalue weighted by Gasteiger charge is -2.20. The topological polar surface area (TPSA) is 40.6 Å². The molecule has 0 saturated carbocycles. The first-order valence-electron chi connectivity index (χ1n) is 17.4. The summed E-state index contributed by atoms with van der Waals surface area (Å²) in [6.45, 7) is 20.3. The molecule has 8 rings (SSSR count). The van der Waals surface area contributed by atoms with Gasteiger partial charge in [0.2, 0.25) is 0 Å². The molecule has 5 nitrogen and oxygen atoms in total. The van der Waals surface area contributed by atoms with Crippen molar-refractivity contribution in [3.8, 4) is 17.2 Å². The molecule has 0 aliphatic heterocycles. The van der Waals surface area contributed by atoms with Gasteiger partial charge in [-0.25, -0.2) is 9.67 Å². The summed E-state index contributed by atoms with van der Waals surface area (Å²) in [4.78, 5) is 4.93. The number of fused-ring (bicyclic) bond motifs is 6. The van der Waals surface area contributed by atoms with Crippen LogP contribution in [0, 0.1) is 0 Å². The molecular weight excluding hydrogens is 599 g/mol. The lowest BCUT2D eigenvalue weighted by atomic mass is 9.88. The Bertz CT molecular complexity index is 2550. The SMILES string of the molecule is CC(C)(C)c1ccnc(-n2c3ccccc3c3ccc(-n4c5ccccc5c5ccc(-n6nc(C(C)(C)C)cc6C(C)(C)C)cc54)cc32)c1. The van der Waals surface area contributed by atoms with E-state index in [1.54, 1.807) is 0 Å². The van der Waals surface area contributed by atoms with E-state index < -0.39 is 0 Å². The van der Waals surface area contributed by atoms with Gasteiger partial charge in [-0.1, -0.05) is 111 Å². The first-order chi connectivity index (χ1) is 23.2. The Hall–Kier alpha value is -5.16. The number of aromatic nitrogens is 5. The van der Waals surface area contributed by atoms with E-state index in [9.17, 15) is 0 Å². The van der Waals surface area contributed by atoms with Gasteiger partial charge in [-0.2, -0.15) is 5.10 Å². The third kappa shape index (κ3) is 5.06. The fourth-order valence-corrected chi connectivity index (χ4v) is 7.20. The second-order valence-electron chi connectivity index (χ2n) is 16.6. The van der Waals surface area contributed by atoms with Gasteiger partial charge in [-0.3, -0.25) is 4.57 Å². The zero-order chi connectivity index (χ0) is 34.5. The Balaban J connectivity index is 1.41. The summed E-state index contributed by atoms with van der Waals surface area (Å²) in [5.41, 5.74) is 10.2. The van der Waals surface area contributed by atoms with Crippen molar-refractivity contribution in [3.05, 3.63) is 126 Å². The molecule has 0 bridgehead atoms. The number of hydrogen-bond acceptors (Lipinski definition) is 2. The Morgan fingerprint density at radius 2 is 1.02 bits per heavy atom. The molecule has 49 heavy (non-hydrogen) atoms. The van der Waals surface area contributed by atoms with Crippen LogP contribution >= 0.6 is 0 Å². The summed E-state index contributed by atoms with van der Waals surface area (Å²) in [6.07, 6.45) is 1.95. The molecule has 5 heteroatoms. The molecule has 0 amide bonds. The van der Waals surface area contributed by atoms with E-state index >= 15 is 0 Å². The van der Waals surface area contributed by atoms with Gasteiger partial charge < -0.3 is 4.57 Å².